The maximum atomic E-state index is 14.1. The summed E-state index contributed by atoms with van der Waals surface area (Å²) in [6, 6.07) is 8.38. The maximum absolute atomic E-state index is 14.1. The zero-order valence-corrected chi connectivity index (χ0v) is 25.1. The van der Waals surface area contributed by atoms with Crippen LogP contribution in [0.5, 0.6) is 0 Å². The van der Waals surface area contributed by atoms with E-state index in [4.69, 9.17) is 23.2 Å². The van der Waals surface area contributed by atoms with Gasteiger partial charge in [-0.1, -0.05) is 23.2 Å². The van der Waals surface area contributed by atoms with E-state index >= 15 is 0 Å². The van der Waals surface area contributed by atoms with Gasteiger partial charge in [0.2, 0.25) is 5.54 Å². The summed E-state index contributed by atoms with van der Waals surface area (Å²) in [5.41, 5.74) is 0.553. The number of H-pyrrole nitrogens is 1. The molecule has 0 saturated carbocycles. The van der Waals surface area contributed by atoms with E-state index in [1.54, 1.807) is 32.0 Å². The number of hydrogen-bond donors (Lipinski definition) is 4. The van der Waals surface area contributed by atoms with Crippen LogP contribution < -0.4 is 16.0 Å². The van der Waals surface area contributed by atoms with Gasteiger partial charge in [-0.05, 0) is 70.4 Å². The van der Waals surface area contributed by atoms with Gasteiger partial charge in [-0.2, -0.15) is 0 Å². The van der Waals surface area contributed by atoms with Gasteiger partial charge in [0.05, 0.1) is 33.2 Å². The van der Waals surface area contributed by atoms with Gasteiger partial charge < -0.3 is 25.8 Å². The minimum absolute atomic E-state index is 0.149. The third-order valence-corrected chi connectivity index (χ3v) is 8.03. The van der Waals surface area contributed by atoms with E-state index in [0.717, 1.165) is 11.0 Å². The number of rotatable bonds is 8. The molecule has 4 N–H and O–H groups in total. The number of carbonyl (C=O) groups excluding carboxylic acids is 3. The second kappa shape index (κ2) is 12.1. The van der Waals surface area contributed by atoms with Gasteiger partial charge in [0, 0.05) is 30.0 Å². The molecule has 0 spiro atoms. The second-order valence-electron chi connectivity index (χ2n) is 10.2. The van der Waals surface area contributed by atoms with Crippen molar-refractivity contribution >= 4 is 68.7 Å². The molecule has 0 aliphatic carbocycles. The molecule has 4 aromatic rings. The van der Waals surface area contributed by atoms with Crippen molar-refractivity contribution in [3.63, 3.8) is 0 Å². The van der Waals surface area contributed by atoms with Crippen LogP contribution in [0.15, 0.2) is 36.7 Å². The Bertz CT molecular complexity index is 1660. The molecule has 1 fully saturated rings. The lowest BCUT2D eigenvalue weighted by Gasteiger charge is -2.44. The number of aromatic amines is 1. The first-order valence-corrected chi connectivity index (χ1v) is 14.7. The first-order valence-electron chi connectivity index (χ1n) is 13.9. The molecule has 0 bridgehead atoms. The summed E-state index contributed by atoms with van der Waals surface area (Å²) in [4.78, 5) is 58.9. The van der Waals surface area contributed by atoms with Crippen LogP contribution in [0.4, 0.5) is 5.82 Å². The van der Waals surface area contributed by atoms with Crippen molar-refractivity contribution in [2.45, 2.75) is 51.6 Å². The summed E-state index contributed by atoms with van der Waals surface area (Å²) in [5.74, 6) is -0.326. The van der Waals surface area contributed by atoms with Gasteiger partial charge >= 0.3 is 0 Å². The highest BCUT2D eigenvalue weighted by Crippen LogP contribution is 2.35. The molecule has 42 heavy (non-hydrogen) atoms. The lowest BCUT2D eigenvalue weighted by Crippen LogP contribution is -2.69. The fourth-order valence-electron chi connectivity index (χ4n) is 5.42. The van der Waals surface area contributed by atoms with Gasteiger partial charge in [-0.3, -0.25) is 14.4 Å². The Hall–Kier alpha value is -3.96. The molecule has 0 radical (unpaired) electrons. The van der Waals surface area contributed by atoms with Gasteiger partial charge in [0.25, 0.3) is 17.7 Å². The molecule has 220 valence electrons. The van der Waals surface area contributed by atoms with Gasteiger partial charge in [0.1, 0.15) is 18.0 Å². The molecule has 1 saturated heterocycles. The summed E-state index contributed by atoms with van der Waals surface area (Å²) < 4.78 is 0. The van der Waals surface area contributed by atoms with Crippen LogP contribution in [-0.2, 0) is 9.59 Å². The van der Waals surface area contributed by atoms with Crippen molar-refractivity contribution in [1.82, 2.24) is 35.5 Å². The number of nitrogens with one attached hydrogen (secondary N) is 4. The normalized spacial score (nSPS) is 15.4. The molecular formula is C29H32Cl2N8O3. The van der Waals surface area contributed by atoms with Gasteiger partial charge in [0.15, 0.2) is 0 Å². The molecule has 3 heterocycles. The Morgan fingerprint density at radius 1 is 1.02 bits per heavy atom. The number of amides is 3. The van der Waals surface area contributed by atoms with Crippen LogP contribution in [-0.4, -0.2) is 67.7 Å². The number of hydrogen-bond acceptors (Lipinski definition) is 7. The molecule has 3 amide bonds. The van der Waals surface area contributed by atoms with Crippen molar-refractivity contribution < 1.29 is 14.4 Å². The Balaban J connectivity index is 1.49. The smallest absolute Gasteiger partial charge is 0.256 e. The highest BCUT2D eigenvalue weighted by atomic mass is 35.5. The van der Waals surface area contributed by atoms with Crippen molar-refractivity contribution in [3.8, 4) is 0 Å². The molecule has 1 atom stereocenters. The number of likely N-dealkylation sites (tertiary alicyclic amines) is 1. The highest BCUT2D eigenvalue weighted by Gasteiger charge is 2.54. The molecular weight excluding hydrogens is 579 g/mol. The molecule has 11 nitrogen and oxygen atoms in total. The minimum Gasteiger partial charge on any atom is -0.360 e. The van der Waals surface area contributed by atoms with Crippen LogP contribution in [0.1, 0.15) is 62.3 Å². The zero-order chi connectivity index (χ0) is 30.0. The quantitative estimate of drug-likeness (QED) is 0.213. The second-order valence-corrected chi connectivity index (χ2v) is 11.1. The predicted molar refractivity (Wildman–Crippen MR) is 163 cm³/mol. The number of benzene rings is 2. The number of halogens is 2. The lowest BCUT2D eigenvalue weighted by molar-refractivity contribution is -0.147. The summed E-state index contributed by atoms with van der Waals surface area (Å²) in [7, 11) is 0. The maximum Gasteiger partial charge on any atom is 0.256 e. The van der Waals surface area contributed by atoms with Crippen LogP contribution in [0.2, 0.25) is 10.0 Å². The fourth-order valence-corrected chi connectivity index (χ4v) is 5.84. The van der Waals surface area contributed by atoms with E-state index in [1.807, 2.05) is 19.1 Å². The van der Waals surface area contributed by atoms with Gasteiger partial charge in [-0.15, -0.1) is 0 Å². The standard InChI is InChI=1S/C29H32Cl2N8O3/c1-4-32-27(41)29(28(42)33-5-2)10-6-7-11-39(29)26(40)18-14-22-19(13-20(18)31)25(35-15-34-22)36-16(3)24-37-21-9-8-17(30)12-23(21)38-24/h8-9,12-16H,4-7,10-11H2,1-3H3,(H,32,41)(H,33,42)(H,37,38)(H,34,35,36)/t16-/m1/s1. The number of nitrogens with zero attached hydrogens (tertiary/aromatic N) is 4. The predicted octanol–water partition coefficient (Wildman–Crippen LogP) is 4.62. The minimum atomic E-state index is -1.68. The SMILES string of the molecule is CCNC(=O)C1(C(=O)NCC)CCCCN1C(=O)c1cc2ncnc(N[C@H](C)c3nc4ccc(Cl)cc4[nH]3)c2cc1Cl. The Kier molecular flexibility index (Phi) is 8.51. The average Bonchev–Trinajstić information content (AvgIpc) is 3.40. The van der Waals surface area contributed by atoms with Crippen molar-refractivity contribution in [3.05, 3.63) is 58.1 Å². The first-order chi connectivity index (χ1) is 20.2. The summed E-state index contributed by atoms with van der Waals surface area (Å²) >= 11 is 12.8. The van der Waals surface area contributed by atoms with Gasteiger partial charge in [-0.25, -0.2) is 15.0 Å². The summed E-state index contributed by atoms with van der Waals surface area (Å²) in [6.07, 6.45) is 2.89. The van der Waals surface area contributed by atoms with Crippen LogP contribution in [0.25, 0.3) is 21.9 Å². The van der Waals surface area contributed by atoms with E-state index in [0.29, 0.717) is 53.5 Å². The number of imidazole rings is 1. The number of piperidine rings is 1. The summed E-state index contributed by atoms with van der Waals surface area (Å²) in [5, 5.41) is 10.2. The Morgan fingerprint density at radius 3 is 2.48 bits per heavy atom. The van der Waals surface area contributed by atoms with Crippen molar-refractivity contribution in [2.24, 2.45) is 0 Å². The van der Waals surface area contributed by atoms with E-state index in [-0.39, 0.29) is 29.6 Å². The Labute approximate surface area is 252 Å². The lowest BCUT2D eigenvalue weighted by atomic mass is 9.83. The van der Waals surface area contributed by atoms with Crippen LogP contribution >= 0.6 is 23.2 Å². The van der Waals surface area contributed by atoms with Crippen LogP contribution in [0.3, 0.4) is 0 Å². The van der Waals surface area contributed by atoms with E-state index in [9.17, 15) is 14.4 Å². The number of likely N-dealkylation sites (N-methyl/N-ethyl adjacent to an activating group) is 2. The molecule has 1 aliphatic rings. The summed E-state index contributed by atoms with van der Waals surface area (Å²) in [6.45, 7) is 6.37. The topological polar surface area (TPSA) is 145 Å². The largest absolute Gasteiger partial charge is 0.360 e. The highest BCUT2D eigenvalue weighted by molar-refractivity contribution is 6.35. The molecule has 2 aromatic carbocycles. The third kappa shape index (κ3) is 5.34. The molecule has 2 aromatic heterocycles. The van der Waals surface area contributed by atoms with E-state index in [1.165, 1.54) is 11.2 Å². The fraction of sp³-hybridized carbons (Fsp3) is 0.379. The van der Waals surface area contributed by atoms with Crippen LogP contribution in [0, 0.1) is 0 Å². The zero-order valence-electron chi connectivity index (χ0n) is 23.6. The van der Waals surface area contributed by atoms with E-state index in [2.05, 4.69) is 35.9 Å². The van der Waals surface area contributed by atoms with Crippen molar-refractivity contribution in [2.75, 3.05) is 25.0 Å². The Morgan fingerprint density at radius 2 is 1.76 bits per heavy atom. The average molecular weight is 612 g/mol. The number of anilines is 1. The monoisotopic (exact) mass is 610 g/mol. The number of aromatic nitrogens is 4. The van der Waals surface area contributed by atoms with Crippen molar-refractivity contribution in [1.29, 1.82) is 0 Å². The number of carbonyl (C=O) groups is 3. The molecule has 13 heteroatoms. The number of fused-ring (bicyclic) bond motifs is 2. The molecule has 1 aliphatic heterocycles. The van der Waals surface area contributed by atoms with E-state index < -0.39 is 23.3 Å². The molecule has 0 unspecified atom stereocenters. The molecule has 5 rings (SSSR count). The first kappa shape index (κ1) is 29.5. The third-order valence-electron chi connectivity index (χ3n) is 7.48.